The fourth-order valence-corrected chi connectivity index (χ4v) is 6.46. The van der Waals surface area contributed by atoms with E-state index in [9.17, 15) is 19.5 Å². The van der Waals surface area contributed by atoms with Crippen LogP contribution in [0, 0.1) is 39.5 Å². The van der Waals surface area contributed by atoms with Gasteiger partial charge in [0.25, 0.3) is 0 Å². The Bertz CT molecular complexity index is 1800. The molecule has 4 aromatic carbocycles. The van der Waals surface area contributed by atoms with Gasteiger partial charge in [-0.3, -0.25) is 14.4 Å². The minimum absolute atomic E-state index is 0.192. The van der Waals surface area contributed by atoms with E-state index < -0.39 is 41.0 Å². The minimum atomic E-state index is -1.74. The lowest BCUT2D eigenvalue weighted by Crippen LogP contribution is -2.56. The molecule has 0 aromatic heterocycles. The largest absolute Gasteiger partial charge is 0.489 e. The Kier molecular flexibility index (Phi) is 9.66. The van der Waals surface area contributed by atoms with Crippen LogP contribution >= 0.6 is 11.6 Å². The number of Topliss-reactive ketones (excluding diaryl/α,β-unsaturated/α-hetero) is 1. The molecule has 8 heteroatoms. The molecule has 7 nitrogen and oxygen atoms in total. The number of aryl methyl sites for hydroxylation is 2. The van der Waals surface area contributed by atoms with Gasteiger partial charge in [0.2, 0.25) is 11.8 Å². The molecule has 1 saturated carbocycles. The summed E-state index contributed by atoms with van der Waals surface area (Å²) in [6, 6.07) is 25.5. The second-order valence-electron chi connectivity index (χ2n) is 12.4. The molecule has 0 saturated heterocycles. The lowest BCUT2D eigenvalue weighted by Gasteiger charge is -2.44. The monoisotopic (exact) mass is 638 g/mol. The van der Waals surface area contributed by atoms with Crippen molar-refractivity contribution in [1.82, 2.24) is 0 Å². The molecule has 4 aromatic rings. The number of rotatable bonds is 8. The van der Waals surface area contributed by atoms with Crippen LogP contribution in [0.2, 0.25) is 5.02 Å². The maximum Gasteiger partial charge on any atom is 0.235 e. The summed E-state index contributed by atoms with van der Waals surface area (Å²) in [7, 11) is 0. The van der Waals surface area contributed by atoms with Crippen LogP contribution in [0.25, 0.3) is 0 Å². The number of hydrogen-bond donors (Lipinski definition) is 3. The normalized spacial score (nSPS) is 21.0. The van der Waals surface area contributed by atoms with Gasteiger partial charge in [0.1, 0.15) is 24.1 Å². The second-order valence-corrected chi connectivity index (χ2v) is 12.8. The first kappa shape index (κ1) is 32.9. The van der Waals surface area contributed by atoms with Crippen LogP contribution in [0.15, 0.2) is 84.9 Å². The third-order valence-corrected chi connectivity index (χ3v) is 9.52. The zero-order valence-electron chi connectivity index (χ0n) is 26.7. The third-order valence-electron chi connectivity index (χ3n) is 9.15. The molecule has 0 bridgehead atoms. The molecular formula is C38H39ClN2O5. The predicted molar refractivity (Wildman–Crippen MR) is 181 cm³/mol. The number of halogens is 1. The van der Waals surface area contributed by atoms with Gasteiger partial charge in [-0.1, -0.05) is 66.2 Å². The fraction of sp³-hybridized carbons (Fsp3) is 0.289. The molecule has 0 radical (unpaired) electrons. The number of hydrogen-bond acceptors (Lipinski definition) is 5. The van der Waals surface area contributed by atoms with Gasteiger partial charge in [-0.15, -0.1) is 0 Å². The van der Waals surface area contributed by atoms with Crippen LogP contribution in [0.3, 0.4) is 0 Å². The molecular weight excluding hydrogens is 600 g/mol. The molecule has 2 amide bonds. The SMILES string of the molecule is Cc1cccc(NC(=O)C2C(=O)CC(C)(O)C(C(=O)Nc3cccc(C)c3C)C2c2cccc(OCc3ccccc3Cl)c2)c1C. The van der Waals surface area contributed by atoms with Crippen molar-refractivity contribution in [1.29, 1.82) is 0 Å². The Hall–Kier alpha value is -4.46. The summed E-state index contributed by atoms with van der Waals surface area (Å²) in [6.45, 7) is 9.38. The number of amides is 2. The highest BCUT2D eigenvalue weighted by atomic mass is 35.5. The van der Waals surface area contributed by atoms with Crippen molar-refractivity contribution in [2.45, 2.75) is 59.2 Å². The molecule has 1 fully saturated rings. The fourth-order valence-electron chi connectivity index (χ4n) is 6.27. The smallest absolute Gasteiger partial charge is 0.235 e. The molecule has 4 unspecified atom stereocenters. The highest BCUT2D eigenvalue weighted by Gasteiger charge is 2.56. The number of anilines is 2. The van der Waals surface area contributed by atoms with Crippen molar-refractivity contribution in [2.75, 3.05) is 10.6 Å². The van der Waals surface area contributed by atoms with Gasteiger partial charge in [0.05, 0.1) is 11.5 Å². The molecule has 0 aliphatic heterocycles. The third kappa shape index (κ3) is 6.86. The van der Waals surface area contributed by atoms with Crippen molar-refractivity contribution in [3.8, 4) is 5.75 Å². The van der Waals surface area contributed by atoms with E-state index in [1.807, 2.05) is 70.2 Å². The number of nitrogens with one attached hydrogen (secondary N) is 2. The number of ketones is 1. The lowest BCUT2D eigenvalue weighted by molar-refractivity contribution is -0.150. The van der Waals surface area contributed by atoms with Gasteiger partial charge in [-0.2, -0.15) is 0 Å². The van der Waals surface area contributed by atoms with Gasteiger partial charge in [-0.25, -0.2) is 0 Å². The predicted octanol–water partition coefficient (Wildman–Crippen LogP) is 7.47. The number of carbonyl (C=O) groups is 3. The molecule has 238 valence electrons. The average molecular weight is 639 g/mol. The molecule has 3 N–H and O–H groups in total. The van der Waals surface area contributed by atoms with Crippen molar-refractivity contribution >= 4 is 40.6 Å². The number of ether oxygens (including phenoxy) is 1. The van der Waals surface area contributed by atoms with Crippen LogP contribution < -0.4 is 15.4 Å². The first-order chi connectivity index (χ1) is 21.9. The maximum absolute atomic E-state index is 14.2. The maximum atomic E-state index is 14.2. The molecule has 1 aliphatic rings. The van der Waals surface area contributed by atoms with E-state index >= 15 is 0 Å². The highest BCUT2D eigenvalue weighted by molar-refractivity contribution is 6.31. The number of carbonyl (C=O) groups excluding carboxylic acids is 3. The Morgan fingerprint density at radius 2 is 1.43 bits per heavy atom. The summed E-state index contributed by atoms with van der Waals surface area (Å²) in [6.07, 6.45) is -0.359. The van der Waals surface area contributed by atoms with E-state index in [0.29, 0.717) is 27.7 Å². The molecule has 0 spiro atoms. The Labute approximate surface area is 275 Å². The van der Waals surface area contributed by atoms with Crippen molar-refractivity contribution in [2.24, 2.45) is 11.8 Å². The minimum Gasteiger partial charge on any atom is -0.489 e. The molecule has 46 heavy (non-hydrogen) atoms. The molecule has 0 heterocycles. The van der Waals surface area contributed by atoms with E-state index in [4.69, 9.17) is 16.3 Å². The van der Waals surface area contributed by atoms with Crippen molar-refractivity contribution in [3.63, 3.8) is 0 Å². The van der Waals surface area contributed by atoms with Crippen LogP contribution in [0.1, 0.15) is 52.6 Å². The molecule has 1 aliphatic carbocycles. The summed E-state index contributed by atoms with van der Waals surface area (Å²) < 4.78 is 6.09. The first-order valence-electron chi connectivity index (χ1n) is 15.3. The van der Waals surface area contributed by atoms with E-state index in [2.05, 4.69) is 10.6 Å². The summed E-state index contributed by atoms with van der Waals surface area (Å²) in [4.78, 5) is 42.2. The number of aliphatic hydroxyl groups is 1. The van der Waals surface area contributed by atoms with Gasteiger partial charge >= 0.3 is 0 Å². The molecule has 4 atom stereocenters. The van der Waals surface area contributed by atoms with Crippen molar-refractivity contribution in [3.05, 3.63) is 123 Å². The van der Waals surface area contributed by atoms with Crippen LogP contribution in [0.5, 0.6) is 5.75 Å². The van der Waals surface area contributed by atoms with Gasteiger partial charge in [0.15, 0.2) is 0 Å². The van der Waals surface area contributed by atoms with Gasteiger partial charge in [0, 0.05) is 34.3 Å². The second kappa shape index (κ2) is 13.5. The highest BCUT2D eigenvalue weighted by Crippen LogP contribution is 2.47. The summed E-state index contributed by atoms with van der Waals surface area (Å²) in [5.41, 5.74) is 4.50. The average Bonchev–Trinajstić information content (AvgIpc) is 3.00. The first-order valence-corrected chi connectivity index (χ1v) is 15.7. The standard InChI is InChI=1S/C38H39ClN2O5/c1-22-11-8-17-30(24(22)3)40-36(43)34-32(42)20-38(5,45)35(37(44)41-31-18-9-12-23(2)25(31)4)33(34)26-14-10-15-28(19-26)46-21-27-13-6-7-16-29(27)39/h6-19,33-35,45H,20-21H2,1-5H3,(H,40,43)(H,41,44). The van der Waals surface area contributed by atoms with E-state index in [-0.39, 0.29) is 13.0 Å². The summed E-state index contributed by atoms with van der Waals surface area (Å²) in [5, 5.41) is 18.3. The Balaban J connectivity index is 1.57. The van der Waals surface area contributed by atoms with Gasteiger partial charge in [-0.05, 0) is 92.8 Å². The quantitative estimate of drug-likeness (QED) is 0.174. The van der Waals surface area contributed by atoms with Crippen LogP contribution in [-0.4, -0.2) is 28.3 Å². The van der Waals surface area contributed by atoms with E-state index in [1.54, 1.807) is 42.5 Å². The Morgan fingerprint density at radius 3 is 2.07 bits per heavy atom. The van der Waals surface area contributed by atoms with Gasteiger partial charge < -0.3 is 20.5 Å². The molecule has 5 rings (SSSR count). The topological polar surface area (TPSA) is 105 Å². The summed E-state index contributed by atoms with van der Waals surface area (Å²) in [5.74, 6) is -4.41. The van der Waals surface area contributed by atoms with Crippen LogP contribution in [-0.2, 0) is 21.0 Å². The Morgan fingerprint density at radius 1 is 0.848 bits per heavy atom. The zero-order valence-corrected chi connectivity index (χ0v) is 27.4. The summed E-state index contributed by atoms with van der Waals surface area (Å²) >= 11 is 6.34. The zero-order chi connectivity index (χ0) is 33.2. The number of benzene rings is 4. The lowest BCUT2D eigenvalue weighted by atomic mass is 9.61. The van der Waals surface area contributed by atoms with Crippen molar-refractivity contribution < 1.29 is 24.2 Å². The van der Waals surface area contributed by atoms with E-state index in [1.165, 1.54) is 6.92 Å². The van der Waals surface area contributed by atoms with Crippen LogP contribution in [0.4, 0.5) is 11.4 Å². The van der Waals surface area contributed by atoms with E-state index in [0.717, 1.165) is 27.8 Å².